The number of hydrogen-bond acceptors (Lipinski definition) is 2. The van der Waals surface area contributed by atoms with E-state index in [0.717, 1.165) is 6.42 Å². The predicted octanol–water partition coefficient (Wildman–Crippen LogP) is 1.40. The molecule has 0 amide bonds. The maximum atomic E-state index is 12.8. The number of hydrogen-bond donors (Lipinski definition) is 1. The third kappa shape index (κ3) is 1.46. The third-order valence-corrected chi connectivity index (χ3v) is 3.42. The van der Waals surface area contributed by atoms with Crippen molar-refractivity contribution in [2.75, 3.05) is 19.8 Å². The maximum Gasteiger partial charge on any atom is 0.249 e. The fourth-order valence-corrected chi connectivity index (χ4v) is 2.60. The number of ether oxygens (including phenoxy) is 1. The van der Waals surface area contributed by atoms with Crippen molar-refractivity contribution < 1.29 is 13.5 Å². The van der Waals surface area contributed by atoms with Crippen LogP contribution in [0.15, 0.2) is 0 Å². The van der Waals surface area contributed by atoms with Crippen molar-refractivity contribution in [3.8, 4) is 0 Å². The molecule has 2 N–H and O–H groups in total. The first kappa shape index (κ1) is 9.34. The van der Waals surface area contributed by atoms with E-state index in [4.69, 9.17) is 10.5 Å². The highest BCUT2D eigenvalue weighted by Crippen LogP contribution is 2.57. The first-order valence-electron chi connectivity index (χ1n) is 4.74. The number of rotatable bonds is 2. The molecule has 2 aliphatic rings. The highest BCUT2D eigenvalue weighted by molar-refractivity contribution is 5.03. The average molecular weight is 191 g/mol. The molecule has 1 aliphatic carbocycles. The summed E-state index contributed by atoms with van der Waals surface area (Å²) >= 11 is 0. The van der Waals surface area contributed by atoms with Crippen LogP contribution in [-0.2, 0) is 4.74 Å². The van der Waals surface area contributed by atoms with Crippen molar-refractivity contribution in [3.05, 3.63) is 0 Å². The van der Waals surface area contributed by atoms with E-state index in [2.05, 4.69) is 0 Å². The van der Waals surface area contributed by atoms with Crippen LogP contribution in [0.3, 0.4) is 0 Å². The molecule has 2 fully saturated rings. The van der Waals surface area contributed by atoms with Crippen LogP contribution in [0.25, 0.3) is 0 Å². The molecule has 1 saturated heterocycles. The van der Waals surface area contributed by atoms with Crippen molar-refractivity contribution in [1.29, 1.82) is 0 Å². The Morgan fingerprint density at radius 1 is 1.38 bits per heavy atom. The molecule has 1 unspecified atom stereocenters. The first-order valence-corrected chi connectivity index (χ1v) is 4.74. The van der Waals surface area contributed by atoms with Gasteiger partial charge in [-0.2, -0.15) is 0 Å². The van der Waals surface area contributed by atoms with Crippen LogP contribution in [-0.4, -0.2) is 25.7 Å². The minimum absolute atomic E-state index is 0.0372. The molecule has 2 nitrogen and oxygen atoms in total. The normalized spacial score (nSPS) is 35.8. The topological polar surface area (TPSA) is 35.2 Å². The van der Waals surface area contributed by atoms with Gasteiger partial charge in [-0.25, -0.2) is 8.78 Å². The van der Waals surface area contributed by atoms with E-state index in [1.807, 2.05) is 0 Å². The summed E-state index contributed by atoms with van der Waals surface area (Å²) in [7, 11) is 0. The summed E-state index contributed by atoms with van der Waals surface area (Å²) in [6.45, 7) is 1.70. The minimum atomic E-state index is -2.47. The molecule has 2 rings (SSSR count). The second-order valence-electron chi connectivity index (χ2n) is 4.34. The molecule has 1 saturated carbocycles. The van der Waals surface area contributed by atoms with Crippen LogP contribution >= 0.6 is 0 Å². The molecule has 4 heteroatoms. The number of halogens is 2. The SMILES string of the molecule is NCC1(C2CCOC2)CC(F)(F)C1. The van der Waals surface area contributed by atoms with E-state index < -0.39 is 5.92 Å². The van der Waals surface area contributed by atoms with Crippen molar-refractivity contribution in [2.24, 2.45) is 17.1 Å². The van der Waals surface area contributed by atoms with Gasteiger partial charge >= 0.3 is 0 Å². The average Bonchev–Trinajstić information content (AvgIpc) is 2.51. The summed E-state index contributed by atoms with van der Waals surface area (Å²) in [5, 5.41) is 0. The second kappa shape index (κ2) is 2.89. The van der Waals surface area contributed by atoms with E-state index in [9.17, 15) is 8.78 Å². The van der Waals surface area contributed by atoms with Crippen LogP contribution in [0.5, 0.6) is 0 Å². The monoisotopic (exact) mass is 191 g/mol. The second-order valence-corrected chi connectivity index (χ2v) is 4.34. The molecule has 76 valence electrons. The highest BCUT2D eigenvalue weighted by atomic mass is 19.3. The molecular formula is C9H15F2NO. The molecule has 0 aromatic carbocycles. The van der Waals surface area contributed by atoms with E-state index >= 15 is 0 Å². The van der Waals surface area contributed by atoms with Crippen molar-refractivity contribution in [2.45, 2.75) is 25.2 Å². The fourth-order valence-electron chi connectivity index (χ4n) is 2.60. The summed E-state index contributed by atoms with van der Waals surface area (Å²) in [6, 6.07) is 0. The van der Waals surface area contributed by atoms with Crippen LogP contribution < -0.4 is 5.73 Å². The van der Waals surface area contributed by atoms with E-state index in [0.29, 0.717) is 19.8 Å². The van der Waals surface area contributed by atoms with Gasteiger partial charge in [-0.3, -0.25) is 0 Å². The Morgan fingerprint density at radius 2 is 2.08 bits per heavy atom. The minimum Gasteiger partial charge on any atom is -0.381 e. The van der Waals surface area contributed by atoms with Gasteiger partial charge in [0.15, 0.2) is 0 Å². The number of alkyl halides is 2. The first-order chi connectivity index (χ1) is 6.08. The standard InChI is InChI=1S/C9H15F2NO/c10-9(11)4-8(5-9,6-12)7-1-2-13-3-7/h7H,1-6,12H2. The molecule has 13 heavy (non-hydrogen) atoms. The molecule has 0 spiro atoms. The van der Waals surface area contributed by atoms with Gasteiger partial charge in [-0.05, 0) is 24.3 Å². The highest BCUT2D eigenvalue weighted by Gasteiger charge is 2.59. The zero-order valence-corrected chi connectivity index (χ0v) is 7.56. The zero-order valence-electron chi connectivity index (χ0n) is 7.56. The van der Waals surface area contributed by atoms with E-state index in [1.54, 1.807) is 0 Å². The summed E-state index contributed by atoms with van der Waals surface area (Å²) in [5.74, 6) is -2.21. The zero-order chi connectivity index (χ0) is 9.53. The maximum absolute atomic E-state index is 12.8. The summed E-state index contributed by atoms with van der Waals surface area (Å²) in [6.07, 6.45) is 0.822. The van der Waals surface area contributed by atoms with Crippen molar-refractivity contribution >= 4 is 0 Å². The van der Waals surface area contributed by atoms with Gasteiger partial charge in [0.25, 0.3) is 0 Å². The van der Waals surface area contributed by atoms with Crippen LogP contribution in [0, 0.1) is 11.3 Å². The van der Waals surface area contributed by atoms with Gasteiger partial charge in [0.1, 0.15) is 0 Å². The Labute approximate surface area is 76.4 Å². The fraction of sp³-hybridized carbons (Fsp3) is 1.00. The van der Waals surface area contributed by atoms with Crippen LogP contribution in [0.2, 0.25) is 0 Å². The van der Waals surface area contributed by atoms with Gasteiger partial charge in [0, 0.05) is 19.4 Å². The molecule has 0 aromatic rings. The van der Waals surface area contributed by atoms with Crippen molar-refractivity contribution in [3.63, 3.8) is 0 Å². The van der Waals surface area contributed by atoms with Gasteiger partial charge in [-0.15, -0.1) is 0 Å². The molecule has 1 aliphatic heterocycles. The Bertz CT molecular complexity index is 194. The molecule has 0 radical (unpaired) electrons. The molecule has 1 heterocycles. The lowest BCUT2D eigenvalue weighted by molar-refractivity contribution is -0.178. The lowest BCUT2D eigenvalue weighted by Crippen LogP contribution is -2.54. The summed E-state index contributed by atoms with van der Waals surface area (Å²) in [4.78, 5) is 0. The van der Waals surface area contributed by atoms with Gasteiger partial charge in [0.05, 0.1) is 6.61 Å². The predicted molar refractivity (Wildman–Crippen MR) is 44.6 cm³/mol. The van der Waals surface area contributed by atoms with Crippen LogP contribution in [0.1, 0.15) is 19.3 Å². The van der Waals surface area contributed by atoms with E-state index in [1.165, 1.54) is 0 Å². The van der Waals surface area contributed by atoms with Gasteiger partial charge in [0.2, 0.25) is 5.92 Å². The largest absolute Gasteiger partial charge is 0.381 e. The summed E-state index contributed by atoms with van der Waals surface area (Å²) < 4.78 is 30.8. The lowest BCUT2D eigenvalue weighted by Gasteiger charge is -2.50. The molecular weight excluding hydrogens is 176 g/mol. The van der Waals surface area contributed by atoms with Gasteiger partial charge in [-0.1, -0.05) is 0 Å². The lowest BCUT2D eigenvalue weighted by atomic mass is 9.58. The Kier molecular flexibility index (Phi) is 2.07. The van der Waals surface area contributed by atoms with Crippen LogP contribution in [0.4, 0.5) is 8.78 Å². The number of nitrogens with two attached hydrogens (primary N) is 1. The van der Waals surface area contributed by atoms with Crippen molar-refractivity contribution in [1.82, 2.24) is 0 Å². The Balaban J connectivity index is 2.01. The smallest absolute Gasteiger partial charge is 0.249 e. The third-order valence-electron chi connectivity index (χ3n) is 3.42. The van der Waals surface area contributed by atoms with E-state index in [-0.39, 0.29) is 24.2 Å². The molecule has 1 atom stereocenters. The quantitative estimate of drug-likeness (QED) is 0.716. The summed E-state index contributed by atoms with van der Waals surface area (Å²) in [5.41, 5.74) is 5.26. The molecule has 0 aromatic heterocycles. The Morgan fingerprint density at radius 3 is 2.46 bits per heavy atom. The Hall–Kier alpha value is -0.220. The molecule has 0 bridgehead atoms. The van der Waals surface area contributed by atoms with Gasteiger partial charge < -0.3 is 10.5 Å².